The Morgan fingerprint density at radius 3 is 2.76 bits per heavy atom. The molecule has 0 aromatic heterocycles. The van der Waals surface area contributed by atoms with E-state index in [1.54, 1.807) is 0 Å². The molecule has 1 heterocycles. The van der Waals surface area contributed by atoms with E-state index in [4.69, 9.17) is 4.74 Å². The Kier molecular flexibility index (Phi) is 3.81. The van der Waals surface area contributed by atoms with Crippen molar-refractivity contribution in [3.05, 3.63) is 11.6 Å². The smallest absolute Gasteiger partial charge is 0.190 e. The van der Waals surface area contributed by atoms with Crippen molar-refractivity contribution in [2.75, 3.05) is 13.2 Å². The fraction of sp³-hybridized carbons (Fsp3) is 0.800. The van der Waals surface area contributed by atoms with Crippen LogP contribution >= 0.6 is 0 Å². The summed E-state index contributed by atoms with van der Waals surface area (Å²) in [5.41, 5.74) is -1.03. The molecular formula is C20H28O5. The standard InChI is InChI=1S/C20H28O5/c1-18-7-5-13(22)9-12(18)3-4-14-15-6-8-20(24,16(23)10-21)19(15,2)11-25-17(14)18/h9,14-15,17,21,24H,3-8,10-11H2,1-2H3/t14-,15-,17-,18-,19-,20-/m0/s1. The van der Waals surface area contributed by atoms with Crippen LogP contribution in [0.1, 0.15) is 52.4 Å². The van der Waals surface area contributed by atoms with Gasteiger partial charge in [-0.05, 0) is 50.0 Å². The van der Waals surface area contributed by atoms with Crippen LogP contribution in [0.3, 0.4) is 0 Å². The fourth-order valence-corrected chi connectivity index (χ4v) is 6.36. The van der Waals surface area contributed by atoms with Gasteiger partial charge in [-0.1, -0.05) is 19.4 Å². The molecule has 1 saturated heterocycles. The zero-order valence-electron chi connectivity index (χ0n) is 15.1. The van der Waals surface area contributed by atoms with Gasteiger partial charge in [0.15, 0.2) is 11.6 Å². The van der Waals surface area contributed by atoms with Crippen LogP contribution < -0.4 is 0 Å². The summed E-state index contributed by atoms with van der Waals surface area (Å²) >= 11 is 0. The van der Waals surface area contributed by atoms with Crippen LogP contribution in [0.4, 0.5) is 0 Å². The highest BCUT2D eigenvalue weighted by Gasteiger charge is 2.66. The minimum absolute atomic E-state index is 0.0465. The monoisotopic (exact) mass is 348 g/mol. The van der Waals surface area contributed by atoms with Crippen molar-refractivity contribution >= 4 is 11.6 Å². The lowest BCUT2D eigenvalue weighted by molar-refractivity contribution is -0.214. The lowest BCUT2D eigenvalue weighted by atomic mass is 9.53. The minimum atomic E-state index is -1.49. The highest BCUT2D eigenvalue weighted by atomic mass is 16.5. The molecule has 5 heteroatoms. The average Bonchev–Trinajstić information content (AvgIpc) is 2.87. The van der Waals surface area contributed by atoms with Crippen molar-refractivity contribution < 1.29 is 24.5 Å². The van der Waals surface area contributed by atoms with E-state index < -0.39 is 23.4 Å². The van der Waals surface area contributed by atoms with E-state index in [-0.39, 0.29) is 29.1 Å². The van der Waals surface area contributed by atoms with Gasteiger partial charge in [-0.2, -0.15) is 0 Å². The van der Waals surface area contributed by atoms with Crippen molar-refractivity contribution in [1.29, 1.82) is 0 Å². The Bertz CT molecular complexity index is 654. The Hall–Kier alpha value is -1.04. The Morgan fingerprint density at radius 2 is 2.04 bits per heavy atom. The number of allylic oxidation sites excluding steroid dienone is 1. The maximum Gasteiger partial charge on any atom is 0.190 e. The molecule has 25 heavy (non-hydrogen) atoms. The summed E-state index contributed by atoms with van der Waals surface area (Å²) in [4.78, 5) is 24.1. The van der Waals surface area contributed by atoms with Crippen LogP contribution in [0.2, 0.25) is 0 Å². The molecule has 3 fully saturated rings. The maximum absolute atomic E-state index is 12.3. The van der Waals surface area contributed by atoms with Crippen LogP contribution in [0, 0.1) is 22.7 Å². The second kappa shape index (κ2) is 5.48. The summed E-state index contributed by atoms with van der Waals surface area (Å²) in [6, 6.07) is 0. The number of carbonyl (C=O) groups excluding carboxylic acids is 2. The molecule has 1 aliphatic heterocycles. The number of rotatable bonds is 2. The summed E-state index contributed by atoms with van der Waals surface area (Å²) in [5.74, 6) is 0.234. The van der Waals surface area contributed by atoms with E-state index in [1.165, 1.54) is 5.57 Å². The molecule has 0 spiro atoms. The SMILES string of the molecule is C[C@]12CCC(=O)C=C1CC[C@@H]1[C@@H]2OC[C@@]2(C)[C@H]1CC[C@]2(O)C(=O)CO. The number of hydrogen-bond acceptors (Lipinski definition) is 5. The normalized spacial score (nSPS) is 49.0. The summed E-state index contributed by atoms with van der Waals surface area (Å²) in [6.45, 7) is 3.87. The van der Waals surface area contributed by atoms with E-state index in [0.29, 0.717) is 19.4 Å². The summed E-state index contributed by atoms with van der Waals surface area (Å²) in [6.07, 6.45) is 6.29. The van der Waals surface area contributed by atoms with Crippen molar-refractivity contribution in [3.8, 4) is 0 Å². The first-order chi connectivity index (χ1) is 11.8. The van der Waals surface area contributed by atoms with E-state index >= 15 is 0 Å². The number of aliphatic hydroxyl groups excluding tert-OH is 1. The third-order valence-corrected chi connectivity index (χ3v) is 7.99. The molecule has 6 atom stereocenters. The second-order valence-electron chi connectivity index (χ2n) is 8.99. The predicted molar refractivity (Wildman–Crippen MR) is 90.8 cm³/mol. The maximum atomic E-state index is 12.3. The molecule has 4 rings (SSSR count). The largest absolute Gasteiger partial charge is 0.388 e. The third kappa shape index (κ3) is 2.12. The molecule has 0 amide bonds. The summed E-state index contributed by atoms with van der Waals surface area (Å²) in [5, 5.41) is 20.4. The molecule has 0 aromatic carbocycles. The van der Waals surface area contributed by atoms with Crippen LogP contribution in [0.15, 0.2) is 11.6 Å². The highest BCUT2D eigenvalue weighted by molar-refractivity contribution is 5.91. The summed E-state index contributed by atoms with van der Waals surface area (Å²) < 4.78 is 6.35. The zero-order chi connectivity index (χ0) is 18.0. The number of hydrogen-bond donors (Lipinski definition) is 2. The van der Waals surface area contributed by atoms with E-state index in [9.17, 15) is 19.8 Å². The topological polar surface area (TPSA) is 83.8 Å². The third-order valence-electron chi connectivity index (χ3n) is 7.99. The number of aliphatic hydroxyl groups is 2. The Balaban J connectivity index is 1.68. The van der Waals surface area contributed by atoms with Gasteiger partial charge in [0.25, 0.3) is 0 Å². The Morgan fingerprint density at radius 1 is 1.28 bits per heavy atom. The first-order valence-corrected chi connectivity index (χ1v) is 9.48. The van der Waals surface area contributed by atoms with Gasteiger partial charge in [0.05, 0.1) is 12.7 Å². The second-order valence-corrected chi connectivity index (χ2v) is 8.99. The highest BCUT2D eigenvalue weighted by Crippen LogP contribution is 2.63. The van der Waals surface area contributed by atoms with Gasteiger partial charge >= 0.3 is 0 Å². The number of ether oxygens (including phenoxy) is 1. The molecule has 0 unspecified atom stereocenters. The number of fused-ring (bicyclic) bond motifs is 5. The number of carbonyl (C=O) groups is 2. The van der Waals surface area contributed by atoms with Crippen molar-refractivity contribution in [1.82, 2.24) is 0 Å². The van der Waals surface area contributed by atoms with E-state index in [0.717, 1.165) is 25.7 Å². The van der Waals surface area contributed by atoms with Gasteiger partial charge < -0.3 is 14.9 Å². The lowest BCUT2D eigenvalue weighted by Crippen LogP contribution is -2.62. The number of Topliss-reactive ketones (excluding diaryl/α,β-unsaturated/α-hetero) is 1. The fourth-order valence-electron chi connectivity index (χ4n) is 6.36. The van der Waals surface area contributed by atoms with Gasteiger partial charge in [-0.15, -0.1) is 0 Å². The molecule has 3 aliphatic carbocycles. The van der Waals surface area contributed by atoms with Crippen molar-refractivity contribution in [2.45, 2.75) is 64.1 Å². The molecule has 4 aliphatic rings. The van der Waals surface area contributed by atoms with Crippen LogP contribution in [0.5, 0.6) is 0 Å². The molecule has 0 bridgehead atoms. The zero-order valence-corrected chi connectivity index (χ0v) is 15.1. The lowest BCUT2D eigenvalue weighted by Gasteiger charge is -2.58. The quantitative estimate of drug-likeness (QED) is 0.795. The first-order valence-electron chi connectivity index (χ1n) is 9.48. The summed E-state index contributed by atoms with van der Waals surface area (Å²) in [7, 11) is 0. The average molecular weight is 348 g/mol. The molecular weight excluding hydrogens is 320 g/mol. The van der Waals surface area contributed by atoms with Gasteiger partial charge in [-0.3, -0.25) is 9.59 Å². The van der Waals surface area contributed by atoms with Gasteiger partial charge in [0.1, 0.15) is 12.2 Å². The van der Waals surface area contributed by atoms with Crippen molar-refractivity contribution in [3.63, 3.8) is 0 Å². The van der Waals surface area contributed by atoms with Gasteiger partial charge in [-0.25, -0.2) is 0 Å². The molecule has 0 aromatic rings. The Labute approximate surface area is 148 Å². The van der Waals surface area contributed by atoms with Crippen LogP contribution in [-0.2, 0) is 14.3 Å². The molecule has 2 N–H and O–H groups in total. The van der Waals surface area contributed by atoms with Gasteiger partial charge in [0, 0.05) is 17.3 Å². The van der Waals surface area contributed by atoms with E-state index in [1.807, 2.05) is 13.0 Å². The van der Waals surface area contributed by atoms with Crippen LogP contribution in [-0.4, -0.2) is 46.7 Å². The van der Waals surface area contributed by atoms with Gasteiger partial charge in [0.2, 0.25) is 0 Å². The predicted octanol–water partition coefficient (Wildman–Crippen LogP) is 1.80. The molecule has 138 valence electrons. The van der Waals surface area contributed by atoms with Crippen LogP contribution in [0.25, 0.3) is 0 Å². The molecule has 0 radical (unpaired) electrons. The first kappa shape index (κ1) is 17.4. The molecule has 2 saturated carbocycles. The number of ketones is 2. The van der Waals surface area contributed by atoms with E-state index in [2.05, 4.69) is 6.92 Å². The van der Waals surface area contributed by atoms with Crippen molar-refractivity contribution in [2.24, 2.45) is 22.7 Å². The molecule has 5 nitrogen and oxygen atoms in total. The minimum Gasteiger partial charge on any atom is -0.388 e.